The number of hydrogen-bond acceptors (Lipinski definition) is 17. The van der Waals surface area contributed by atoms with Crippen molar-refractivity contribution in [2.75, 3.05) is 44.7 Å². The molecule has 31 nitrogen and oxygen atoms in total. The zero-order valence-electron chi connectivity index (χ0n) is 54.5. The van der Waals surface area contributed by atoms with E-state index >= 15 is 0 Å². The monoisotopic (exact) mass is 1350 g/mol. The van der Waals surface area contributed by atoms with E-state index in [4.69, 9.17) is 40.1 Å². The largest absolute Gasteiger partial charge is 0.370 e. The molecule has 0 unspecified atom stereocenters. The number of nitrogens with zero attached hydrogens (tertiary/aromatic N) is 3. The lowest BCUT2D eigenvalue weighted by Gasteiger charge is -2.32. The predicted molar refractivity (Wildman–Crippen MR) is 356 cm³/mol. The molecule has 2 aromatic rings. The third kappa shape index (κ3) is 27.5. The molecule has 0 saturated carbocycles. The average Bonchev–Trinajstić information content (AvgIpc) is 1.74. The molecule has 2 fully saturated rings. The minimum atomic E-state index is -1.64. The zero-order chi connectivity index (χ0) is 70.1. The Balaban J connectivity index is 1.56. The molecule has 2 aliphatic rings. The number of unbranched alkanes of at least 4 members (excludes halogenated alkanes) is 1. The van der Waals surface area contributed by atoms with E-state index in [9.17, 15) is 62.3 Å². The highest BCUT2D eigenvalue weighted by Crippen LogP contribution is 2.24. The van der Waals surface area contributed by atoms with Crippen LogP contribution in [0.2, 0.25) is 0 Å². The summed E-state index contributed by atoms with van der Waals surface area (Å²) >= 11 is 1.45. The van der Waals surface area contributed by atoms with E-state index in [2.05, 4.69) is 47.5 Å². The van der Waals surface area contributed by atoms with Gasteiger partial charge in [-0.25, -0.2) is 0 Å². The normalized spacial score (nSPS) is 16.8. The second kappa shape index (κ2) is 41.0. The third-order valence-corrected chi connectivity index (χ3v) is 16.7. The Hall–Kier alpha value is -8.91. The molecule has 22 N–H and O–H groups in total. The summed E-state index contributed by atoms with van der Waals surface area (Å²) in [5.74, 6) is -9.80. The number of rotatable bonds is 42. The van der Waals surface area contributed by atoms with Crippen molar-refractivity contribution in [2.45, 2.75) is 183 Å². The lowest BCUT2D eigenvalue weighted by molar-refractivity contribution is -0.144. The first-order valence-corrected chi connectivity index (χ1v) is 33.6. The van der Waals surface area contributed by atoms with Crippen LogP contribution >= 0.6 is 11.8 Å². The summed E-state index contributed by atoms with van der Waals surface area (Å²) in [5.41, 5.74) is 40.6. The summed E-state index contributed by atoms with van der Waals surface area (Å²) in [6.07, 6.45) is 3.12. The number of carbonyl (C=O) groups is 13. The smallest absolute Gasteiger partial charge is 0.245 e. The van der Waals surface area contributed by atoms with Crippen molar-refractivity contribution in [3.63, 3.8) is 0 Å². The van der Waals surface area contributed by atoms with Crippen molar-refractivity contribution in [3.8, 4) is 0 Å². The third-order valence-electron chi connectivity index (χ3n) is 16.0. The van der Waals surface area contributed by atoms with Crippen molar-refractivity contribution < 1.29 is 62.3 Å². The number of thioether (sulfide) groups is 1. The maximum absolute atomic E-state index is 14.7. The fraction of sp³-hybridized carbons (Fsp3) is 0.587. The molecule has 0 bridgehead atoms. The first-order chi connectivity index (χ1) is 45.2. The van der Waals surface area contributed by atoms with Crippen molar-refractivity contribution in [2.24, 2.45) is 51.0 Å². The van der Waals surface area contributed by atoms with Gasteiger partial charge in [0.25, 0.3) is 0 Å². The molecule has 2 saturated heterocycles. The van der Waals surface area contributed by atoms with Gasteiger partial charge in [-0.2, -0.15) is 11.8 Å². The molecular formula is C63H98N18O13S. The first kappa shape index (κ1) is 78.5. The van der Waals surface area contributed by atoms with E-state index < -0.39 is 169 Å². The second-order valence-corrected chi connectivity index (χ2v) is 25.1. The van der Waals surface area contributed by atoms with Crippen LogP contribution in [0.25, 0.3) is 0 Å². The fourth-order valence-electron chi connectivity index (χ4n) is 11.0. The molecule has 95 heavy (non-hydrogen) atoms. The van der Waals surface area contributed by atoms with Crippen molar-refractivity contribution >= 4 is 94.5 Å². The van der Waals surface area contributed by atoms with Gasteiger partial charge in [0.05, 0.1) is 12.6 Å². The second-order valence-electron chi connectivity index (χ2n) is 24.1. The summed E-state index contributed by atoms with van der Waals surface area (Å²) in [6.45, 7) is 3.86. The number of aliphatic imine (C=N–C) groups is 1. The summed E-state index contributed by atoms with van der Waals surface area (Å²) in [6, 6.07) is 4.51. The fourth-order valence-corrected chi connectivity index (χ4v) is 11.5. The maximum Gasteiger partial charge on any atom is 0.245 e. The molecule has 32 heteroatoms. The van der Waals surface area contributed by atoms with Crippen LogP contribution in [-0.2, 0) is 75.2 Å². The Labute approximate surface area is 558 Å². The topological polar surface area (TPSA) is 519 Å². The van der Waals surface area contributed by atoms with Crippen LogP contribution in [0.15, 0.2) is 65.7 Å². The predicted octanol–water partition coefficient (Wildman–Crippen LogP) is -3.71. The summed E-state index contributed by atoms with van der Waals surface area (Å²) in [7, 11) is 0. The average molecular weight is 1350 g/mol. The molecule has 0 aromatic heterocycles. The van der Waals surface area contributed by atoms with Crippen molar-refractivity contribution in [1.29, 1.82) is 0 Å². The molecule has 2 heterocycles. The van der Waals surface area contributed by atoms with E-state index in [-0.39, 0.29) is 83.0 Å². The molecule has 0 aliphatic carbocycles. The van der Waals surface area contributed by atoms with Crippen LogP contribution < -0.4 is 82.7 Å². The number of hydrogen-bond donors (Lipinski definition) is 15. The lowest BCUT2D eigenvalue weighted by Crippen LogP contribution is -2.60. The quantitative estimate of drug-likeness (QED) is 0.0173. The summed E-state index contributed by atoms with van der Waals surface area (Å²) < 4.78 is 0. The molecule has 2 aliphatic heterocycles. The van der Waals surface area contributed by atoms with Gasteiger partial charge in [-0.3, -0.25) is 67.3 Å². The van der Waals surface area contributed by atoms with Gasteiger partial charge in [0.2, 0.25) is 76.8 Å². The Morgan fingerprint density at radius 1 is 0.537 bits per heavy atom. The lowest BCUT2D eigenvalue weighted by atomic mass is 10.0. The van der Waals surface area contributed by atoms with Crippen LogP contribution in [0.4, 0.5) is 0 Å². The number of carbonyl (C=O) groups excluding carboxylic acids is 13. The van der Waals surface area contributed by atoms with Crippen LogP contribution in [0.3, 0.4) is 0 Å². The van der Waals surface area contributed by atoms with Gasteiger partial charge in [0.15, 0.2) is 5.96 Å². The number of benzene rings is 2. The van der Waals surface area contributed by atoms with Crippen molar-refractivity contribution in [1.82, 2.24) is 52.3 Å². The van der Waals surface area contributed by atoms with Gasteiger partial charge >= 0.3 is 0 Å². The number of likely N-dealkylation sites (tertiary alicyclic amines) is 2. The van der Waals surface area contributed by atoms with Crippen LogP contribution in [-0.4, -0.2) is 198 Å². The number of amides is 13. The molecule has 13 amide bonds. The standard InChI is InChI=1S/C63H98N18O13S/c1-37(2)33-45(57(89)74-41(53(68)85)27-32-95-3)73-52(84)36-72-54(86)46(34-38-15-6-4-7-16-38)78-58(90)47(35-39-17-8-5-9-18-39)79-56(88)42(23-25-50(66)82)75-55(87)43(24-26-51(67)83)76-59(91)49-22-14-31-81(49)62(94)44(20-10-11-28-64)77-60(92)48-21-13-30-80(48)61(93)40(65)19-12-29-71-63(69)70/h4-9,15-18,37,40-49H,10-14,19-36,64-65H2,1-3H3,(H2,66,82)(H2,67,83)(H2,68,85)(H,72,86)(H,73,84)(H,74,89)(H,75,87)(H,76,91)(H,77,92)(H,78,90)(H,79,88)(H4,69,70,71)/t40-,41+,42-,43-,44-,45-,46+,47+,48-,49-/m1/s1. The van der Waals surface area contributed by atoms with E-state index in [0.29, 0.717) is 55.4 Å². The zero-order valence-corrected chi connectivity index (χ0v) is 55.3. The Morgan fingerprint density at radius 2 is 1.01 bits per heavy atom. The highest BCUT2D eigenvalue weighted by atomic mass is 32.2. The minimum absolute atomic E-state index is 0.0736. The molecular weight excluding hydrogens is 1250 g/mol. The number of primary amides is 3. The highest BCUT2D eigenvalue weighted by molar-refractivity contribution is 7.98. The van der Waals surface area contributed by atoms with Gasteiger partial charge < -0.3 is 92.5 Å². The first-order valence-electron chi connectivity index (χ1n) is 32.2. The Bertz CT molecular complexity index is 2960. The number of guanidine groups is 1. The van der Waals surface area contributed by atoms with E-state index in [1.165, 1.54) is 21.6 Å². The molecule has 10 atom stereocenters. The van der Waals surface area contributed by atoms with Gasteiger partial charge in [-0.15, -0.1) is 0 Å². The SMILES string of the molecule is CSCC[C@H](NC(=O)[C@@H](CC(C)C)NC(=O)CNC(=O)[C@H](Cc1ccccc1)NC(=O)[C@H](Cc1ccccc1)NC(=O)[C@@H](CCC(N)=O)NC(=O)[C@@H](CCC(N)=O)NC(=O)[C@H]1CCCN1C(=O)[C@@H](CCCCN)NC(=O)[C@H]1CCCN1C(=O)[C@H](N)CCCN=C(N)N)C(N)=O. The van der Waals surface area contributed by atoms with E-state index in [1.807, 2.05) is 20.1 Å². The van der Waals surface area contributed by atoms with Gasteiger partial charge in [-0.1, -0.05) is 74.5 Å². The number of nitrogens with one attached hydrogen (secondary N) is 8. The molecule has 4 rings (SSSR count). The molecule has 0 radical (unpaired) electrons. The summed E-state index contributed by atoms with van der Waals surface area (Å²) in [5, 5.41) is 21.1. The Morgan fingerprint density at radius 3 is 1.51 bits per heavy atom. The molecule has 524 valence electrons. The molecule has 2 aromatic carbocycles. The highest BCUT2D eigenvalue weighted by Gasteiger charge is 2.42. The van der Waals surface area contributed by atoms with E-state index in [0.717, 1.165) is 0 Å². The van der Waals surface area contributed by atoms with E-state index in [1.54, 1.807) is 60.7 Å². The van der Waals surface area contributed by atoms with Gasteiger partial charge in [0.1, 0.15) is 54.4 Å². The van der Waals surface area contributed by atoms with Crippen LogP contribution in [0.5, 0.6) is 0 Å². The van der Waals surface area contributed by atoms with Crippen molar-refractivity contribution in [3.05, 3.63) is 71.8 Å². The van der Waals surface area contributed by atoms with Crippen LogP contribution in [0.1, 0.15) is 121 Å². The van der Waals surface area contributed by atoms with Gasteiger partial charge in [-0.05, 0) is 119 Å². The maximum atomic E-state index is 14.7. The van der Waals surface area contributed by atoms with Crippen LogP contribution in [0, 0.1) is 5.92 Å². The Kier molecular flexibility index (Phi) is 33.9. The summed E-state index contributed by atoms with van der Waals surface area (Å²) in [4.78, 5) is 185. The minimum Gasteiger partial charge on any atom is -0.370 e. The number of nitrogens with two attached hydrogens (primary N) is 7. The molecule has 0 spiro atoms. The van der Waals surface area contributed by atoms with Gasteiger partial charge in [0, 0.05) is 45.3 Å².